The van der Waals surface area contributed by atoms with Crippen LogP contribution in [0.5, 0.6) is 6.01 Å². The Balaban J connectivity index is 1.42. The number of methoxy groups -OCH3 is 1. The molecule has 1 amide bonds. The van der Waals surface area contributed by atoms with Crippen LogP contribution in [0.4, 0.5) is 5.82 Å². The second-order valence-electron chi connectivity index (χ2n) is 8.68. The molecular weight excluding hydrogens is 428 g/mol. The summed E-state index contributed by atoms with van der Waals surface area (Å²) in [5.41, 5.74) is 4.93. The summed E-state index contributed by atoms with van der Waals surface area (Å²) >= 11 is 0. The molecule has 1 aliphatic heterocycles. The Morgan fingerprint density at radius 3 is 2.50 bits per heavy atom. The number of carbonyl (C=O) groups excluding carboxylic acids is 1. The van der Waals surface area contributed by atoms with Crippen LogP contribution in [0.2, 0.25) is 0 Å². The standard InChI is InChI=1S/C26H26N6O2/c1-16(2)20-7-5-6-8-21(20)24-27-14-19-13-22(33)32(25(19)28-24)15-17-9-11-18(12-10-17)23-29-26(34-4)31(3)30-23/h5-12,14,16H,13,15H2,1-4H3. The van der Waals surface area contributed by atoms with Gasteiger partial charge in [-0.25, -0.2) is 14.6 Å². The molecular formula is C26H26N6O2. The molecule has 8 nitrogen and oxygen atoms in total. The van der Waals surface area contributed by atoms with Gasteiger partial charge in [-0.2, -0.15) is 4.98 Å². The van der Waals surface area contributed by atoms with Gasteiger partial charge in [0.15, 0.2) is 11.6 Å². The van der Waals surface area contributed by atoms with Gasteiger partial charge in [0.1, 0.15) is 5.82 Å². The fraction of sp³-hybridized carbons (Fsp3) is 0.269. The highest BCUT2D eigenvalue weighted by Crippen LogP contribution is 2.33. The lowest BCUT2D eigenvalue weighted by molar-refractivity contribution is -0.117. The number of carbonyl (C=O) groups is 1. The third kappa shape index (κ3) is 3.91. The Bertz CT molecular complexity index is 1360. The number of aromatic nitrogens is 5. The smallest absolute Gasteiger partial charge is 0.314 e. The van der Waals surface area contributed by atoms with Crippen molar-refractivity contribution in [1.29, 1.82) is 0 Å². The summed E-state index contributed by atoms with van der Waals surface area (Å²) in [4.78, 5) is 28.4. The molecule has 0 radical (unpaired) electrons. The molecule has 1 aliphatic rings. The highest BCUT2D eigenvalue weighted by atomic mass is 16.5. The molecule has 172 valence electrons. The predicted molar refractivity (Wildman–Crippen MR) is 129 cm³/mol. The van der Waals surface area contributed by atoms with Crippen LogP contribution in [0.15, 0.2) is 54.7 Å². The Labute approximate surface area is 198 Å². The van der Waals surface area contributed by atoms with Gasteiger partial charge in [-0.05, 0) is 17.0 Å². The highest BCUT2D eigenvalue weighted by molar-refractivity contribution is 6.00. The minimum Gasteiger partial charge on any atom is -0.467 e. The van der Waals surface area contributed by atoms with Crippen LogP contribution in [0, 0.1) is 0 Å². The van der Waals surface area contributed by atoms with Crippen molar-refractivity contribution in [2.75, 3.05) is 12.0 Å². The number of hydrogen-bond acceptors (Lipinski definition) is 6. The van der Waals surface area contributed by atoms with Crippen molar-refractivity contribution in [1.82, 2.24) is 24.7 Å². The van der Waals surface area contributed by atoms with Gasteiger partial charge in [0, 0.05) is 29.9 Å². The minimum absolute atomic E-state index is 0.0267. The predicted octanol–water partition coefficient (Wildman–Crippen LogP) is 4.16. The first kappa shape index (κ1) is 21.8. The first-order valence-electron chi connectivity index (χ1n) is 11.2. The van der Waals surface area contributed by atoms with Crippen LogP contribution in [-0.4, -0.2) is 37.7 Å². The van der Waals surface area contributed by atoms with Crippen molar-refractivity contribution < 1.29 is 9.53 Å². The van der Waals surface area contributed by atoms with Crippen molar-refractivity contribution in [2.24, 2.45) is 7.05 Å². The normalized spacial score (nSPS) is 13.0. The highest BCUT2D eigenvalue weighted by Gasteiger charge is 2.30. The molecule has 3 heterocycles. The third-order valence-corrected chi connectivity index (χ3v) is 6.02. The van der Waals surface area contributed by atoms with E-state index in [4.69, 9.17) is 9.72 Å². The lowest BCUT2D eigenvalue weighted by Gasteiger charge is -2.18. The summed E-state index contributed by atoms with van der Waals surface area (Å²) in [5.74, 6) is 2.30. The van der Waals surface area contributed by atoms with Gasteiger partial charge in [-0.3, -0.25) is 9.69 Å². The molecule has 0 spiro atoms. The zero-order chi connectivity index (χ0) is 23.8. The van der Waals surface area contributed by atoms with Crippen LogP contribution in [0.3, 0.4) is 0 Å². The molecule has 8 heteroatoms. The summed E-state index contributed by atoms with van der Waals surface area (Å²) in [6, 6.07) is 16.5. The van der Waals surface area contributed by atoms with Crippen molar-refractivity contribution in [3.8, 4) is 28.8 Å². The fourth-order valence-electron chi connectivity index (χ4n) is 4.24. The van der Waals surface area contributed by atoms with E-state index in [0.717, 1.165) is 22.3 Å². The zero-order valence-electron chi connectivity index (χ0n) is 19.7. The number of hydrogen-bond donors (Lipinski definition) is 0. The molecule has 2 aromatic carbocycles. The number of amides is 1. The van der Waals surface area contributed by atoms with Crippen LogP contribution in [0.1, 0.15) is 36.5 Å². The van der Waals surface area contributed by atoms with Gasteiger partial charge in [0.2, 0.25) is 5.91 Å². The molecule has 0 saturated carbocycles. The Kier molecular flexibility index (Phi) is 5.57. The fourth-order valence-corrected chi connectivity index (χ4v) is 4.24. The van der Waals surface area contributed by atoms with Crippen molar-refractivity contribution in [3.05, 3.63) is 71.4 Å². The third-order valence-electron chi connectivity index (χ3n) is 6.02. The summed E-state index contributed by atoms with van der Waals surface area (Å²) in [6.45, 7) is 4.75. The first-order chi connectivity index (χ1) is 16.4. The van der Waals surface area contributed by atoms with E-state index < -0.39 is 0 Å². The van der Waals surface area contributed by atoms with E-state index in [1.807, 2.05) is 42.5 Å². The topological polar surface area (TPSA) is 86.0 Å². The maximum atomic E-state index is 12.8. The number of aryl methyl sites for hydroxylation is 1. The Morgan fingerprint density at radius 2 is 1.79 bits per heavy atom. The van der Waals surface area contributed by atoms with Crippen LogP contribution < -0.4 is 9.64 Å². The van der Waals surface area contributed by atoms with Gasteiger partial charge in [0.05, 0.1) is 20.1 Å². The SMILES string of the molecule is COc1nc(-c2ccc(CN3C(=O)Cc4cnc(-c5ccccc5C(C)C)nc43)cc2)nn1C. The number of rotatable bonds is 6. The van der Waals surface area contributed by atoms with Crippen molar-refractivity contribution in [3.63, 3.8) is 0 Å². The van der Waals surface area contributed by atoms with E-state index in [-0.39, 0.29) is 5.91 Å². The Morgan fingerprint density at radius 1 is 1.03 bits per heavy atom. The largest absolute Gasteiger partial charge is 0.467 e. The van der Waals surface area contributed by atoms with Gasteiger partial charge in [-0.15, -0.1) is 5.10 Å². The molecule has 0 atom stereocenters. The molecule has 0 aliphatic carbocycles. The maximum absolute atomic E-state index is 12.8. The average Bonchev–Trinajstić information content (AvgIpc) is 3.38. The first-order valence-corrected chi connectivity index (χ1v) is 11.2. The van der Waals surface area contributed by atoms with E-state index in [1.165, 1.54) is 5.56 Å². The molecule has 4 aromatic rings. The van der Waals surface area contributed by atoms with E-state index in [2.05, 4.69) is 35.0 Å². The summed E-state index contributed by atoms with van der Waals surface area (Å²) in [5, 5.41) is 4.38. The maximum Gasteiger partial charge on any atom is 0.314 e. The van der Waals surface area contributed by atoms with Crippen LogP contribution in [-0.2, 0) is 24.8 Å². The minimum atomic E-state index is 0.0267. The van der Waals surface area contributed by atoms with E-state index in [9.17, 15) is 4.79 Å². The Hall–Kier alpha value is -4.07. The monoisotopic (exact) mass is 454 g/mol. The lowest BCUT2D eigenvalue weighted by atomic mass is 9.97. The average molecular weight is 455 g/mol. The zero-order valence-corrected chi connectivity index (χ0v) is 19.7. The molecule has 0 unspecified atom stereocenters. The summed E-state index contributed by atoms with van der Waals surface area (Å²) in [7, 11) is 3.36. The number of nitrogens with zero attached hydrogens (tertiary/aromatic N) is 6. The van der Waals surface area contributed by atoms with Crippen molar-refractivity contribution in [2.45, 2.75) is 32.7 Å². The second-order valence-corrected chi connectivity index (χ2v) is 8.68. The summed E-state index contributed by atoms with van der Waals surface area (Å²) in [6.07, 6.45) is 2.10. The van der Waals surface area contributed by atoms with Crippen LogP contribution >= 0.6 is 0 Å². The molecule has 0 saturated heterocycles. The van der Waals surface area contributed by atoms with E-state index in [0.29, 0.717) is 42.4 Å². The van der Waals surface area contributed by atoms with Gasteiger partial charge in [-0.1, -0.05) is 62.4 Å². The van der Waals surface area contributed by atoms with Gasteiger partial charge >= 0.3 is 6.01 Å². The molecule has 0 fully saturated rings. The van der Waals surface area contributed by atoms with Crippen molar-refractivity contribution >= 4 is 11.7 Å². The second kappa shape index (κ2) is 8.70. The molecule has 5 rings (SSSR count). The van der Waals surface area contributed by atoms with Gasteiger partial charge < -0.3 is 4.74 Å². The van der Waals surface area contributed by atoms with Gasteiger partial charge in [0.25, 0.3) is 0 Å². The lowest BCUT2D eigenvalue weighted by Crippen LogP contribution is -2.26. The number of benzene rings is 2. The number of anilines is 1. The quantitative estimate of drug-likeness (QED) is 0.435. The molecule has 34 heavy (non-hydrogen) atoms. The number of fused-ring (bicyclic) bond motifs is 1. The number of ether oxygens (including phenoxy) is 1. The molecule has 0 N–H and O–H groups in total. The summed E-state index contributed by atoms with van der Waals surface area (Å²) < 4.78 is 6.79. The van der Waals surface area contributed by atoms with Crippen LogP contribution in [0.25, 0.3) is 22.8 Å². The van der Waals surface area contributed by atoms with E-state index in [1.54, 1.807) is 29.9 Å². The molecule has 2 aromatic heterocycles. The molecule has 0 bridgehead atoms. The van der Waals surface area contributed by atoms with E-state index >= 15 is 0 Å².